The van der Waals surface area contributed by atoms with Crippen LogP contribution in [0.25, 0.3) is 11.0 Å². The molecule has 0 aliphatic carbocycles. The second-order valence-corrected chi connectivity index (χ2v) is 4.43. The number of aromatic amines is 1. The van der Waals surface area contributed by atoms with E-state index in [2.05, 4.69) is 33.5 Å². The molecular weight excluding hydrogens is 352 g/mol. The quantitative estimate of drug-likeness (QED) is 0.846. The number of pyridine rings is 2. The standard InChI is InChI=1S/C10H11N3.Os/c1-11-7-9-5-4-8-3-2-6-12-10(8)13-9;/h2-5,11H,7H2,1H3,(H,12,13);. The Labute approximate surface area is 92.0 Å². The summed E-state index contributed by atoms with van der Waals surface area (Å²) in [6.45, 7) is 0.806. The zero-order chi connectivity index (χ0) is 9.97. The summed E-state index contributed by atoms with van der Waals surface area (Å²) in [6.07, 6.45) is 0. The van der Waals surface area contributed by atoms with Gasteiger partial charge in [0, 0.05) is 0 Å². The van der Waals surface area contributed by atoms with E-state index in [1.165, 1.54) is 0 Å². The number of nitrogens with zero attached hydrogens (tertiary/aromatic N) is 1. The minimum atomic E-state index is 0.806. The van der Waals surface area contributed by atoms with E-state index in [1.807, 2.05) is 31.3 Å². The third-order valence-electron chi connectivity index (χ3n) is 1.98. The molecule has 0 radical (unpaired) electrons. The number of hydrogen-bond acceptors (Lipinski definition) is 2. The van der Waals surface area contributed by atoms with Crippen LogP contribution in [0.5, 0.6) is 0 Å². The molecule has 2 N–H and O–H groups in total. The Morgan fingerprint density at radius 3 is 2.93 bits per heavy atom. The van der Waals surface area contributed by atoms with Gasteiger partial charge in [-0.3, -0.25) is 0 Å². The van der Waals surface area contributed by atoms with Crippen molar-refractivity contribution >= 4 is 11.0 Å². The second kappa shape index (κ2) is 4.12. The van der Waals surface area contributed by atoms with E-state index in [-0.39, 0.29) is 0 Å². The van der Waals surface area contributed by atoms with Crippen molar-refractivity contribution in [1.82, 2.24) is 15.3 Å². The van der Waals surface area contributed by atoms with Gasteiger partial charge in [0.25, 0.3) is 0 Å². The van der Waals surface area contributed by atoms with Gasteiger partial charge in [-0.15, -0.1) is 0 Å². The summed E-state index contributed by atoms with van der Waals surface area (Å²) in [5, 5.41) is 4.24. The molecule has 0 atom stereocenters. The van der Waals surface area contributed by atoms with Crippen LogP contribution in [-0.4, -0.2) is 17.0 Å². The fourth-order valence-corrected chi connectivity index (χ4v) is 1.85. The number of fused-ring (bicyclic) bond motifs is 1. The number of nitrogens with one attached hydrogen (secondary N) is 2. The number of hydrogen-bond donors (Lipinski definition) is 2. The average molecular weight is 363 g/mol. The van der Waals surface area contributed by atoms with Crippen LogP contribution in [0.2, 0.25) is 0 Å². The van der Waals surface area contributed by atoms with E-state index < -0.39 is 0 Å². The van der Waals surface area contributed by atoms with Gasteiger partial charge in [0.05, 0.1) is 0 Å². The molecule has 74 valence electrons. The molecule has 0 saturated heterocycles. The maximum atomic E-state index is 4.51. The fourth-order valence-electron chi connectivity index (χ4n) is 1.34. The molecule has 0 unspecified atom stereocenters. The first-order valence-electron chi connectivity index (χ1n) is 4.40. The minimum absolute atomic E-state index is 0.806. The van der Waals surface area contributed by atoms with Gasteiger partial charge in [0.15, 0.2) is 0 Å². The van der Waals surface area contributed by atoms with Crippen molar-refractivity contribution in [2.45, 2.75) is 6.54 Å². The van der Waals surface area contributed by atoms with Crippen LogP contribution in [0.15, 0.2) is 24.3 Å². The van der Waals surface area contributed by atoms with Crippen LogP contribution in [0.1, 0.15) is 5.69 Å². The summed E-state index contributed by atoms with van der Waals surface area (Å²) in [5.74, 6) is 0. The number of aromatic nitrogens is 2. The summed E-state index contributed by atoms with van der Waals surface area (Å²) < 4.78 is 1.16. The zero-order valence-electron chi connectivity index (χ0n) is 7.82. The normalized spacial score (nSPS) is 10.7. The molecule has 0 aliphatic rings. The van der Waals surface area contributed by atoms with E-state index in [9.17, 15) is 0 Å². The van der Waals surface area contributed by atoms with Crippen molar-refractivity contribution in [3.05, 3.63) is 33.8 Å². The molecule has 0 saturated carbocycles. The van der Waals surface area contributed by atoms with Crippen molar-refractivity contribution < 1.29 is 18.1 Å². The number of rotatable bonds is 2. The van der Waals surface area contributed by atoms with Crippen molar-refractivity contribution in [2.75, 3.05) is 7.05 Å². The maximum absolute atomic E-state index is 4.51. The molecule has 4 heteroatoms. The van der Waals surface area contributed by atoms with Gasteiger partial charge in [-0.1, -0.05) is 0 Å². The molecule has 2 rings (SSSR count). The van der Waals surface area contributed by atoms with E-state index in [0.717, 1.165) is 27.1 Å². The van der Waals surface area contributed by atoms with E-state index in [1.54, 1.807) is 0 Å². The first-order chi connectivity index (χ1) is 6.79. The van der Waals surface area contributed by atoms with Gasteiger partial charge >= 0.3 is 91.9 Å². The molecule has 3 nitrogen and oxygen atoms in total. The molecular formula is C10H11N3Os. The summed E-state index contributed by atoms with van der Waals surface area (Å²) in [5.41, 5.74) is 2.02. The molecule has 0 aromatic carbocycles. The second-order valence-electron chi connectivity index (χ2n) is 3.06. The van der Waals surface area contributed by atoms with Crippen LogP contribution in [0.3, 0.4) is 0 Å². The van der Waals surface area contributed by atoms with Crippen LogP contribution in [-0.2, 0) is 24.7 Å². The van der Waals surface area contributed by atoms with Crippen LogP contribution < -0.4 is 5.32 Å². The predicted octanol–water partition coefficient (Wildman–Crippen LogP) is 1.36. The third-order valence-corrected chi connectivity index (χ3v) is 2.72. The Morgan fingerprint density at radius 2 is 2.14 bits per heavy atom. The molecule has 2 aromatic rings. The van der Waals surface area contributed by atoms with Crippen LogP contribution in [0, 0.1) is 3.84 Å². The first-order valence-corrected chi connectivity index (χ1v) is 5.67. The Bertz CT molecular complexity index is 504. The van der Waals surface area contributed by atoms with Crippen LogP contribution in [0.4, 0.5) is 0 Å². The Balaban J connectivity index is 2.58. The van der Waals surface area contributed by atoms with Crippen molar-refractivity contribution in [2.24, 2.45) is 0 Å². The predicted molar refractivity (Wildman–Crippen MR) is 52.1 cm³/mol. The van der Waals surface area contributed by atoms with Gasteiger partial charge in [-0.2, -0.15) is 0 Å². The van der Waals surface area contributed by atoms with Gasteiger partial charge in [-0.05, 0) is 0 Å². The van der Waals surface area contributed by atoms with Crippen molar-refractivity contribution in [3.63, 3.8) is 0 Å². The molecule has 0 aliphatic heterocycles. The van der Waals surface area contributed by atoms with Gasteiger partial charge in [0.2, 0.25) is 0 Å². The fraction of sp³-hybridized carbons (Fsp3) is 0.200. The monoisotopic (exact) mass is 365 g/mol. The van der Waals surface area contributed by atoms with Crippen molar-refractivity contribution in [1.29, 1.82) is 0 Å². The van der Waals surface area contributed by atoms with Crippen LogP contribution >= 0.6 is 0 Å². The molecule has 2 aromatic heterocycles. The molecule has 0 bridgehead atoms. The van der Waals surface area contributed by atoms with Crippen molar-refractivity contribution in [3.8, 4) is 0 Å². The Hall–Kier alpha value is -0.844. The number of H-pyrrole nitrogens is 1. The third kappa shape index (κ3) is 1.97. The van der Waals surface area contributed by atoms with E-state index in [4.69, 9.17) is 0 Å². The zero-order valence-corrected chi connectivity index (χ0v) is 10.4. The molecule has 0 fully saturated rings. The van der Waals surface area contributed by atoms with E-state index in [0.29, 0.717) is 0 Å². The van der Waals surface area contributed by atoms with E-state index >= 15 is 0 Å². The van der Waals surface area contributed by atoms with Gasteiger partial charge in [-0.25, -0.2) is 0 Å². The summed E-state index contributed by atoms with van der Waals surface area (Å²) in [4.78, 5) is 7.77. The van der Waals surface area contributed by atoms with Gasteiger partial charge < -0.3 is 0 Å². The Kier molecular flexibility index (Phi) is 2.86. The SMILES string of the molecule is CNCc1ccc2cc[c](=[Os])[nH]c2n1. The summed E-state index contributed by atoms with van der Waals surface area (Å²) in [7, 11) is 1.92. The van der Waals surface area contributed by atoms with Gasteiger partial charge in [0.1, 0.15) is 0 Å². The first kappa shape index (κ1) is 9.70. The summed E-state index contributed by atoms with van der Waals surface area (Å²) >= 11 is 1.83. The molecule has 2 heterocycles. The molecule has 0 spiro atoms. The Morgan fingerprint density at radius 1 is 1.36 bits per heavy atom. The summed E-state index contributed by atoms with van der Waals surface area (Å²) in [6, 6.07) is 8.29. The topological polar surface area (TPSA) is 40.7 Å². The molecule has 14 heavy (non-hydrogen) atoms. The average Bonchev–Trinajstić information content (AvgIpc) is 2.17. The molecule has 0 amide bonds.